The molecule has 0 aliphatic carbocycles. The Kier molecular flexibility index (Phi) is 4.85. The van der Waals surface area contributed by atoms with Crippen LogP contribution in [0.15, 0.2) is 18.2 Å². The molecule has 0 aromatic heterocycles. The Hall–Kier alpha value is -1.04. The highest BCUT2D eigenvalue weighted by molar-refractivity contribution is 5.23. The van der Waals surface area contributed by atoms with Crippen molar-refractivity contribution in [3.8, 4) is 0 Å². The van der Waals surface area contributed by atoms with Gasteiger partial charge in [-0.05, 0) is 24.9 Å². The minimum atomic E-state index is -0.816. The number of ether oxygens (including phenoxy) is 1. The average molecular weight is 270 g/mol. The van der Waals surface area contributed by atoms with Gasteiger partial charge in [0, 0.05) is 25.8 Å². The van der Waals surface area contributed by atoms with Crippen molar-refractivity contribution in [2.75, 3.05) is 33.4 Å². The van der Waals surface area contributed by atoms with Gasteiger partial charge in [-0.3, -0.25) is 4.90 Å². The van der Waals surface area contributed by atoms with Crippen LogP contribution in [-0.2, 0) is 4.74 Å². The number of rotatable bonds is 5. The third-order valence-electron chi connectivity index (χ3n) is 3.72. The zero-order valence-electron chi connectivity index (χ0n) is 11.1. The highest BCUT2D eigenvalue weighted by Gasteiger charge is 2.30. The predicted molar refractivity (Wildman–Crippen MR) is 69.7 cm³/mol. The van der Waals surface area contributed by atoms with Crippen LogP contribution < -0.4 is 5.73 Å². The maximum atomic E-state index is 13.9. The lowest BCUT2D eigenvalue weighted by molar-refractivity contribution is 0.147. The van der Waals surface area contributed by atoms with Crippen LogP contribution in [0.25, 0.3) is 0 Å². The summed E-state index contributed by atoms with van der Waals surface area (Å²) < 4.78 is 32.3. The minimum Gasteiger partial charge on any atom is -0.384 e. The van der Waals surface area contributed by atoms with Gasteiger partial charge in [0.15, 0.2) is 11.6 Å². The number of hydrogen-bond acceptors (Lipinski definition) is 3. The van der Waals surface area contributed by atoms with E-state index < -0.39 is 11.6 Å². The average Bonchev–Trinajstić information content (AvgIpc) is 2.84. The van der Waals surface area contributed by atoms with E-state index >= 15 is 0 Å². The molecule has 0 spiro atoms. The third kappa shape index (κ3) is 3.11. The lowest BCUT2D eigenvalue weighted by atomic mass is 10.0. The minimum absolute atomic E-state index is 0.266. The Labute approximate surface area is 112 Å². The number of halogens is 2. The molecule has 0 radical (unpaired) electrons. The number of nitrogens with two attached hydrogens (primary N) is 1. The van der Waals surface area contributed by atoms with Crippen molar-refractivity contribution >= 4 is 0 Å². The van der Waals surface area contributed by atoms with Crippen LogP contribution >= 0.6 is 0 Å². The zero-order chi connectivity index (χ0) is 13.8. The van der Waals surface area contributed by atoms with Crippen LogP contribution in [0, 0.1) is 17.6 Å². The molecule has 1 fully saturated rings. The summed E-state index contributed by atoms with van der Waals surface area (Å²) >= 11 is 0. The SMILES string of the molecule is COCC1CCN(C(CN)c2cccc(F)c2F)C1. The van der Waals surface area contributed by atoms with Gasteiger partial charge in [0.05, 0.1) is 12.6 Å². The first kappa shape index (κ1) is 14.4. The first-order chi connectivity index (χ1) is 9.17. The molecule has 1 aliphatic rings. The van der Waals surface area contributed by atoms with Gasteiger partial charge in [0.25, 0.3) is 0 Å². The van der Waals surface area contributed by atoms with E-state index in [1.165, 1.54) is 6.07 Å². The van der Waals surface area contributed by atoms with E-state index in [0.717, 1.165) is 25.6 Å². The molecular formula is C14H20F2N2O. The highest BCUT2D eigenvalue weighted by atomic mass is 19.2. The second kappa shape index (κ2) is 6.41. The molecule has 2 atom stereocenters. The van der Waals surface area contributed by atoms with Crippen molar-refractivity contribution in [3.05, 3.63) is 35.4 Å². The van der Waals surface area contributed by atoms with Gasteiger partial charge < -0.3 is 10.5 Å². The Morgan fingerprint density at radius 3 is 2.95 bits per heavy atom. The fourth-order valence-electron chi connectivity index (χ4n) is 2.77. The summed E-state index contributed by atoms with van der Waals surface area (Å²) in [7, 11) is 1.68. The van der Waals surface area contributed by atoms with Crippen LogP contribution in [0.5, 0.6) is 0 Å². The molecule has 0 amide bonds. The summed E-state index contributed by atoms with van der Waals surface area (Å²) in [4.78, 5) is 2.11. The summed E-state index contributed by atoms with van der Waals surface area (Å²) in [6.07, 6.45) is 1.00. The molecule has 1 saturated heterocycles. The van der Waals surface area contributed by atoms with Gasteiger partial charge in [-0.2, -0.15) is 0 Å². The van der Waals surface area contributed by atoms with Gasteiger partial charge in [-0.15, -0.1) is 0 Å². The van der Waals surface area contributed by atoms with Gasteiger partial charge in [0.1, 0.15) is 0 Å². The lowest BCUT2D eigenvalue weighted by Gasteiger charge is -2.27. The number of methoxy groups -OCH3 is 1. The second-order valence-corrected chi connectivity index (χ2v) is 5.00. The van der Waals surface area contributed by atoms with E-state index in [0.29, 0.717) is 18.1 Å². The molecular weight excluding hydrogens is 250 g/mol. The number of hydrogen-bond donors (Lipinski definition) is 1. The van der Waals surface area contributed by atoms with E-state index in [2.05, 4.69) is 4.90 Å². The Balaban J connectivity index is 2.14. The molecule has 2 rings (SSSR count). The molecule has 2 unspecified atom stereocenters. The monoisotopic (exact) mass is 270 g/mol. The van der Waals surface area contributed by atoms with Crippen LogP contribution in [-0.4, -0.2) is 38.3 Å². The van der Waals surface area contributed by atoms with Gasteiger partial charge in [0.2, 0.25) is 0 Å². The van der Waals surface area contributed by atoms with Crippen molar-refractivity contribution in [2.45, 2.75) is 12.5 Å². The van der Waals surface area contributed by atoms with Crippen LogP contribution in [0.2, 0.25) is 0 Å². The van der Waals surface area contributed by atoms with Crippen molar-refractivity contribution in [1.82, 2.24) is 4.90 Å². The first-order valence-electron chi connectivity index (χ1n) is 6.54. The fraction of sp³-hybridized carbons (Fsp3) is 0.571. The predicted octanol–water partition coefficient (Wildman–Crippen LogP) is 1.93. The quantitative estimate of drug-likeness (QED) is 0.888. The van der Waals surface area contributed by atoms with Gasteiger partial charge in [-0.25, -0.2) is 8.78 Å². The van der Waals surface area contributed by atoms with Crippen LogP contribution in [0.4, 0.5) is 8.78 Å². The second-order valence-electron chi connectivity index (χ2n) is 5.00. The number of nitrogens with zero attached hydrogens (tertiary/aromatic N) is 1. The van der Waals surface area contributed by atoms with Crippen molar-refractivity contribution < 1.29 is 13.5 Å². The molecule has 3 nitrogen and oxygen atoms in total. The van der Waals surface area contributed by atoms with E-state index in [-0.39, 0.29) is 12.6 Å². The molecule has 1 aliphatic heterocycles. The molecule has 1 aromatic carbocycles. The van der Waals surface area contributed by atoms with Gasteiger partial charge in [-0.1, -0.05) is 12.1 Å². The smallest absolute Gasteiger partial charge is 0.163 e. The standard InChI is InChI=1S/C14H20F2N2O/c1-19-9-10-5-6-18(8-10)13(7-17)11-3-2-4-12(15)14(11)16/h2-4,10,13H,5-9,17H2,1H3. The molecule has 5 heteroatoms. The summed E-state index contributed by atoms with van der Waals surface area (Å²) in [5.74, 6) is -1.16. The highest BCUT2D eigenvalue weighted by Crippen LogP contribution is 2.29. The summed E-state index contributed by atoms with van der Waals surface area (Å²) in [6, 6.07) is 4.00. The van der Waals surface area contributed by atoms with Crippen molar-refractivity contribution in [3.63, 3.8) is 0 Å². The Bertz CT molecular complexity index is 428. The fourth-order valence-corrected chi connectivity index (χ4v) is 2.77. The summed E-state index contributed by atoms with van der Waals surface area (Å²) in [6.45, 7) is 2.62. The van der Waals surface area contributed by atoms with Crippen molar-refractivity contribution in [2.24, 2.45) is 11.7 Å². The maximum absolute atomic E-state index is 13.9. The normalized spacial score (nSPS) is 21.8. The van der Waals surface area contributed by atoms with E-state index in [9.17, 15) is 8.78 Å². The third-order valence-corrected chi connectivity index (χ3v) is 3.72. The van der Waals surface area contributed by atoms with E-state index in [1.54, 1.807) is 13.2 Å². The van der Waals surface area contributed by atoms with Crippen molar-refractivity contribution in [1.29, 1.82) is 0 Å². The summed E-state index contributed by atoms with van der Waals surface area (Å²) in [5.41, 5.74) is 6.11. The van der Waals surface area contributed by atoms with E-state index in [1.807, 2.05) is 0 Å². The largest absolute Gasteiger partial charge is 0.384 e. The molecule has 106 valence electrons. The number of benzene rings is 1. The Morgan fingerprint density at radius 2 is 2.26 bits per heavy atom. The molecule has 1 aromatic rings. The first-order valence-corrected chi connectivity index (χ1v) is 6.54. The molecule has 0 saturated carbocycles. The van der Waals surface area contributed by atoms with Crippen LogP contribution in [0.3, 0.4) is 0 Å². The zero-order valence-corrected chi connectivity index (χ0v) is 11.1. The van der Waals surface area contributed by atoms with Gasteiger partial charge >= 0.3 is 0 Å². The molecule has 2 N–H and O–H groups in total. The maximum Gasteiger partial charge on any atom is 0.163 e. The molecule has 1 heterocycles. The van der Waals surface area contributed by atoms with Crippen LogP contribution in [0.1, 0.15) is 18.0 Å². The lowest BCUT2D eigenvalue weighted by Crippen LogP contribution is -2.33. The molecule has 0 bridgehead atoms. The number of likely N-dealkylation sites (tertiary alicyclic amines) is 1. The van der Waals surface area contributed by atoms with E-state index in [4.69, 9.17) is 10.5 Å². The summed E-state index contributed by atoms with van der Waals surface area (Å²) in [5, 5.41) is 0. The Morgan fingerprint density at radius 1 is 1.47 bits per heavy atom. The topological polar surface area (TPSA) is 38.5 Å². The molecule has 19 heavy (non-hydrogen) atoms.